The number of Topliss-reactive ketones (excluding diaryl/α,β-unsaturated/α-hetero) is 1. The minimum Gasteiger partial charge on any atom is -0.289 e. The molecule has 1 aliphatic rings. The van der Waals surface area contributed by atoms with Gasteiger partial charge in [0.2, 0.25) is 0 Å². The lowest BCUT2D eigenvalue weighted by molar-refractivity contribution is -0.125. The van der Waals surface area contributed by atoms with Crippen LogP contribution in [0.1, 0.15) is 26.2 Å². The highest BCUT2D eigenvalue weighted by Crippen LogP contribution is 2.30. The summed E-state index contributed by atoms with van der Waals surface area (Å²) >= 11 is 0. The summed E-state index contributed by atoms with van der Waals surface area (Å²) in [6.45, 7) is 4.81. The number of carbonyl (C=O) groups is 1. The molecule has 0 fully saturated rings. The second-order valence-corrected chi connectivity index (χ2v) is 3.91. The molecule has 1 nitrogen and oxygen atoms in total. The van der Waals surface area contributed by atoms with Gasteiger partial charge in [-0.3, -0.25) is 4.79 Å². The van der Waals surface area contributed by atoms with Crippen LogP contribution in [0.2, 0.25) is 0 Å². The lowest BCUT2D eigenvalue weighted by atomic mass is 9.87. The zero-order valence-electron chi connectivity index (χ0n) is 8.53. The quantitative estimate of drug-likeness (QED) is 0.649. The molecule has 0 amide bonds. The summed E-state index contributed by atoms with van der Waals surface area (Å²) < 4.78 is 36.6. The minimum absolute atomic E-state index is 0.260. The van der Waals surface area contributed by atoms with E-state index in [-0.39, 0.29) is 5.57 Å². The van der Waals surface area contributed by atoms with Crippen molar-refractivity contribution >= 4 is 5.78 Å². The van der Waals surface area contributed by atoms with Crippen LogP contribution in [0.5, 0.6) is 0 Å². The molecule has 0 aromatic rings. The molecular formula is C11H13F3O. The Kier molecular flexibility index (Phi) is 3.37. The minimum atomic E-state index is -4.61. The first-order valence-corrected chi connectivity index (χ1v) is 4.82. The topological polar surface area (TPSA) is 17.1 Å². The maximum Gasteiger partial charge on any atom is 0.419 e. The van der Waals surface area contributed by atoms with Crippen LogP contribution in [0, 0.1) is 5.92 Å². The maximum atomic E-state index is 12.2. The third-order valence-electron chi connectivity index (χ3n) is 2.58. The molecule has 0 heterocycles. The Balaban J connectivity index is 2.74. The van der Waals surface area contributed by atoms with Crippen LogP contribution in [0.4, 0.5) is 13.2 Å². The second-order valence-electron chi connectivity index (χ2n) is 3.91. The Bertz CT molecular complexity index is 312. The molecule has 0 aromatic carbocycles. The van der Waals surface area contributed by atoms with Gasteiger partial charge < -0.3 is 0 Å². The summed E-state index contributed by atoms with van der Waals surface area (Å²) in [4.78, 5) is 11.4. The van der Waals surface area contributed by atoms with Gasteiger partial charge in [0.1, 0.15) is 0 Å². The van der Waals surface area contributed by atoms with Crippen LogP contribution in [0.25, 0.3) is 0 Å². The van der Waals surface area contributed by atoms with Crippen molar-refractivity contribution in [3.8, 4) is 0 Å². The Morgan fingerprint density at radius 1 is 1.53 bits per heavy atom. The maximum absolute atomic E-state index is 12.2. The standard InChI is InChI=1S/C11H13F3O/c1-7-3-5-9(6-4-7)10(15)8(2)11(12,13)14/h5,7H,2-4,6H2,1H3. The summed E-state index contributed by atoms with van der Waals surface area (Å²) in [5.74, 6) is -0.505. The molecule has 1 atom stereocenters. The molecule has 0 bridgehead atoms. The summed E-state index contributed by atoms with van der Waals surface area (Å²) in [7, 11) is 0. The van der Waals surface area contributed by atoms with E-state index in [1.807, 2.05) is 6.92 Å². The van der Waals surface area contributed by atoms with E-state index in [9.17, 15) is 18.0 Å². The van der Waals surface area contributed by atoms with Crippen LogP contribution in [0.3, 0.4) is 0 Å². The number of hydrogen-bond donors (Lipinski definition) is 0. The largest absolute Gasteiger partial charge is 0.419 e. The molecule has 0 radical (unpaired) electrons. The first-order chi connectivity index (χ1) is 6.82. The third kappa shape index (κ3) is 2.94. The number of alkyl halides is 3. The van der Waals surface area contributed by atoms with Crippen molar-refractivity contribution in [2.75, 3.05) is 0 Å². The molecule has 1 unspecified atom stereocenters. The van der Waals surface area contributed by atoms with Gasteiger partial charge in [-0.15, -0.1) is 0 Å². The average molecular weight is 218 g/mol. The van der Waals surface area contributed by atoms with Gasteiger partial charge in [-0.2, -0.15) is 13.2 Å². The molecule has 1 rings (SSSR count). The summed E-state index contributed by atoms with van der Waals surface area (Å²) in [5, 5.41) is 0. The van der Waals surface area contributed by atoms with Crippen molar-refractivity contribution in [3.05, 3.63) is 23.8 Å². The normalized spacial score (nSPS) is 22.1. The SMILES string of the molecule is C=C(C(=O)C1=CCC(C)CC1)C(F)(F)F. The molecule has 0 spiro atoms. The van der Waals surface area contributed by atoms with Crippen LogP contribution in [-0.4, -0.2) is 12.0 Å². The van der Waals surface area contributed by atoms with Gasteiger partial charge in [0.15, 0.2) is 5.78 Å². The smallest absolute Gasteiger partial charge is 0.289 e. The fourth-order valence-electron chi connectivity index (χ4n) is 1.49. The van der Waals surface area contributed by atoms with Gasteiger partial charge in [-0.25, -0.2) is 0 Å². The lowest BCUT2D eigenvalue weighted by Gasteiger charge is -2.18. The van der Waals surface area contributed by atoms with Crippen LogP contribution in [0.15, 0.2) is 23.8 Å². The molecule has 0 saturated heterocycles. The van der Waals surface area contributed by atoms with E-state index in [4.69, 9.17) is 0 Å². The Labute approximate surface area is 86.7 Å². The number of hydrogen-bond acceptors (Lipinski definition) is 1. The molecule has 84 valence electrons. The number of carbonyl (C=O) groups excluding carboxylic acids is 1. The summed E-state index contributed by atoms with van der Waals surface area (Å²) in [6.07, 6.45) is -1.14. The molecule has 0 N–H and O–H groups in total. The van der Waals surface area contributed by atoms with E-state index in [1.165, 1.54) is 0 Å². The average Bonchev–Trinajstić information content (AvgIpc) is 2.15. The Morgan fingerprint density at radius 3 is 2.53 bits per heavy atom. The summed E-state index contributed by atoms with van der Waals surface area (Å²) in [6, 6.07) is 0. The number of ketones is 1. The van der Waals surface area contributed by atoms with Crippen molar-refractivity contribution < 1.29 is 18.0 Å². The van der Waals surface area contributed by atoms with E-state index < -0.39 is 17.5 Å². The van der Waals surface area contributed by atoms with Gasteiger partial charge in [0, 0.05) is 0 Å². The zero-order valence-corrected chi connectivity index (χ0v) is 8.53. The summed E-state index contributed by atoms with van der Waals surface area (Å²) in [5.41, 5.74) is -1.00. The van der Waals surface area contributed by atoms with Gasteiger partial charge in [0.25, 0.3) is 0 Å². The monoisotopic (exact) mass is 218 g/mol. The molecule has 1 aliphatic carbocycles. The number of rotatable bonds is 2. The van der Waals surface area contributed by atoms with E-state index in [0.717, 1.165) is 6.42 Å². The van der Waals surface area contributed by atoms with Gasteiger partial charge >= 0.3 is 6.18 Å². The fourth-order valence-corrected chi connectivity index (χ4v) is 1.49. The first kappa shape index (κ1) is 12.0. The van der Waals surface area contributed by atoms with Gasteiger partial charge in [-0.05, 0) is 30.8 Å². The molecule has 0 aliphatic heterocycles. The van der Waals surface area contributed by atoms with Crippen molar-refractivity contribution in [2.45, 2.75) is 32.4 Å². The predicted octanol–water partition coefficient (Wildman–Crippen LogP) is 3.42. The zero-order chi connectivity index (χ0) is 11.6. The molecule has 0 saturated carbocycles. The van der Waals surface area contributed by atoms with Crippen molar-refractivity contribution in [1.82, 2.24) is 0 Å². The van der Waals surface area contributed by atoms with E-state index in [0.29, 0.717) is 18.8 Å². The van der Waals surface area contributed by atoms with E-state index in [1.54, 1.807) is 6.08 Å². The van der Waals surface area contributed by atoms with Crippen molar-refractivity contribution in [3.63, 3.8) is 0 Å². The third-order valence-corrected chi connectivity index (χ3v) is 2.58. The highest BCUT2D eigenvalue weighted by Gasteiger charge is 2.37. The predicted molar refractivity (Wildman–Crippen MR) is 51.3 cm³/mol. The molecule has 0 aromatic heterocycles. The number of halogens is 3. The Morgan fingerprint density at radius 2 is 2.13 bits per heavy atom. The molecular weight excluding hydrogens is 205 g/mol. The highest BCUT2D eigenvalue weighted by molar-refractivity contribution is 6.08. The van der Waals surface area contributed by atoms with Crippen molar-refractivity contribution in [2.24, 2.45) is 5.92 Å². The van der Waals surface area contributed by atoms with Gasteiger partial charge in [0.05, 0.1) is 5.57 Å². The second kappa shape index (κ2) is 4.21. The van der Waals surface area contributed by atoms with Crippen LogP contribution in [-0.2, 0) is 4.79 Å². The van der Waals surface area contributed by atoms with Crippen molar-refractivity contribution in [1.29, 1.82) is 0 Å². The first-order valence-electron chi connectivity index (χ1n) is 4.82. The van der Waals surface area contributed by atoms with Crippen LogP contribution >= 0.6 is 0 Å². The van der Waals surface area contributed by atoms with E-state index in [2.05, 4.69) is 6.58 Å². The highest BCUT2D eigenvalue weighted by atomic mass is 19.4. The lowest BCUT2D eigenvalue weighted by Crippen LogP contribution is -2.21. The molecule has 4 heteroatoms. The van der Waals surface area contributed by atoms with E-state index >= 15 is 0 Å². The Hall–Kier alpha value is -1.06. The molecule has 15 heavy (non-hydrogen) atoms. The van der Waals surface area contributed by atoms with Gasteiger partial charge in [-0.1, -0.05) is 19.6 Å². The number of allylic oxidation sites excluding steroid dienone is 3. The van der Waals surface area contributed by atoms with Crippen LogP contribution < -0.4 is 0 Å². The fraction of sp³-hybridized carbons (Fsp3) is 0.545.